The van der Waals surface area contributed by atoms with Crippen LogP contribution in [0.15, 0.2) is 12.1 Å². The summed E-state index contributed by atoms with van der Waals surface area (Å²) in [6.07, 6.45) is 0.972. The van der Waals surface area contributed by atoms with Gasteiger partial charge in [-0.15, -0.1) is 11.3 Å². The van der Waals surface area contributed by atoms with E-state index in [-0.39, 0.29) is 6.04 Å². The highest BCUT2D eigenvalue weighted by atomic mass is 32.1. The fraction of sp³-hybridized carbons (Fsp3) is 0.429. The van der Waals surface area contributed by atoms with Gasteiger partial charge in [0.05, 0.1) is 5.00 Å². The molecule has 1 heterocycles. The van der Waals surface area contributed by atoms with Crippen molar-refractivity contribution in [1.82, 2.24) is 0 Å². The molecule has 0 aromatic carbocycles. The van der Waals surface area contributed by atoms with Crippen molar-refractivity contribution in [3.8, 4) is 0 Å². The van der Waals surface area contributed by atoms with E-state index >= 15 is 0 Å². The molecule has 0 radical (unpaired) electrons. The maximum Gasteiger partial charge on any atom is 0.0859 e. The van der Waals surface area contributed by atoms with Crippen LogP contribution in [-0.2, 0) is 0 Å². The van der Waals surface area contributed by atoms with Gasteiger partial charge in [-0.1, -0.05) is 6.92 Å². The second kappa shape index (κ2) is 3.03. The van der Waals surface area contributed by atoms with Crippen molar-refractivity contribution in [1.29, 1.82) is 0 Å². The van der Waals surface area contributed by atoms with E-state index in [0.29, 0.717) is 0 Å². The molecule has 1 atom stereocenters. The van der Waals surface area contributed by atoms with Crippen LogP contribution in [0.4, 0.5) is 5.00 Å². The first kappa shape index (κ1) is 7.57. The lowest BCUT2D eigenvalue weighted by atomic mass is 10.2. The first-order valence-corrected chi connectivity index (χ1v) is 4.16. The normalized spacial score (nSPS) is 13.4. The molecule has 1 aromatic heterocycles. The average Bonchev–Trinajstić information content (AvgIpc) is 2.34. The molecular weight excluding hydrogens is 144 g/mol. The fourth-order valence-corrected chi connectivity index (χ4v) is 1.63. The van der Waals surface area contributed by atoms with Gasteiger partial charge in [-0.2, -0.15) is 0 Å². The van der Waals surface area contributed by atoms with Crippen LogP contribution in [0, 0.1) is 0 Å². The van der Waals surface area contributed by atoms with Crippen LogP contribution in [0.5, 0.6) is 0 Å². The predicted octanol–water partition coefficient (Wildman–Crippen LogP) is 1.74. The van der Waals surface area contributed by atoms with E-state index in [1.54, 1.807) is 11.3 Å². The van der Waals surface area contributed by atoms with Gasteiger partial charge < -0.3 is 11.5 Å². The zero-order valence-corrected chi connectivity index (χ0v) is 6.82. The van der Waals surface area contributed by atoms with E-state index < -0.39 is 0 Å². The lowest BCUT2D eigenvalue weighted by Gasteiger charge is -2.02. The molecule has 0 aliphatic heterocycles. The topological polar surface area (TPSA) is 52.0 Å². The van der Waals surface area contributed by atoms with Crippen molar-refractivity contribution >= 4 is 16.3 Å². The van der Waals surface area contributed by atoms with Gasteiger partial charge in [-0.25, -0.2) is 0 Å². The summed E-state index contributed by atoms with van der Waals surface area (Å²) in [6, 6.07) is 4.06. The van der Waals surface area contributed by atoms with Gasteiger partial charge in [-0.05, 0) is 18.6 Å². The molecule has 0 fully saturated rings. The number of nitrogen functional groups attached to an aromatic ring is 1. The van der Waals surface area contributed by atoms with Crippen LogP contribution in [0.25, 0.3) is 0 Å². The summed E-state index contributed by atoms with van der Waals surface area (Å²) in [5, 5.41) is 0.846. The highest BCUT2D eigenvalue weighted by Gasteiger charge is 2.04. The lowest BCUT2D eigenvalue weighted by molar-refractivity contribution is 0.712. The molecule has 10 heavy (non-hydrogen) atoms. The van der Waals surface area contributed by atoms with Crippen molar-refractivity contribution < 1.29 is 0 Å². The predicted molar refractivity (Wildman–Crippen MR) is 46.0 cm³/mol. The largest absolute Gasteiger partial charge is 0.391 e. The molecule has 0 amide bonds. The van der Waals surface area contributed by atoms with Crippen molar-refractivity contribution in [2.75, 3.05) is 5.73 Å². The zero-order valence-electron chi connectivity index (χ0n) is 6.00. The molecule has 3 heteroatoms. The minimum Gasteiger partial charge on any atom is -0.391 e. The minimum atomic E-state index is 0.169. The quantitative estimate of drug-likeness (QED) is 0.685. The van der Waals surface area contributed by atoms with Crippen LogP contribution in [-0.4, -0.2) is 0 Å². The Morgan fingerprint density at radius 2 is 2.30 bits per heavy atom. The van der Waals surface area contributed by atoms with E-state index in [0.717, 1.165) is 11.4 Å². The second-order valence-corrected chi connectivity index (χ2v) is 3.40. The van der Waals surface area contributed by atoms with Gasteiger partial charge in [-0.3, -0.25) is 0 Å². The molecule has 0 saturated carbocycles. The third-order valence-electron chi connectivity index (χ3n) is 1.45. The molecule has 1 aromatic rings. The van der Waals surface area contributed by atoms with E-state index in [9.17, 15) is 0 Å². The lowest BCUT2D eigenvalue weighted by Crippen LogP contribution is -2.05. The van der Waals surface area contributed by atoms with E-state index in [2.05, 4.69) is 6.92 Å². The summed E-state index contributed by atoms with van der Waals surface area (Å²) in [7, 11) is 0. The number of rotatable bonds is 2. The van der Waals surface area contributed by atoms with Crippen molar-refractivity contribution in [2.45, 2.75) is 19.4 Å². The summed E-state index contributed by atoms with van der Waals surface area (Å²) in [4.78, 5) is 1.18. The Balaban J connectivity index is 2.74. The van der Waals surface area contributed by atoms with Gasteiger partial charge in [0.25, 0.3) is 0 Å². The molecule has 0 aliphatic rings. The second-order valence-electron chi connectivity index (χ2n) is 2.25. The van der Waals surface area contributed by atoms with Crippen molar-refractivity contribution in [2.24, 2.45) is 5.73 Å². The summed E-state index contributed by atoms with van der Waals surface area (Å²) >= 11 is 1.57. The summed E-state index contributed by atoms with van der Waals surface area (Å²) < 4.78 is 0. The maximum atomic E-state index is 5.76. The Labute approximate surface area is 64.8 Å². The monoisotopic (exact) mass is 156 g/mol. The number of anilines is 1. The number of hydrogen-bond donors (Lipinski definition) is 2. The van der Waals surface area contributed by atoms with Gasteiger partial charge in [0, 0.05) is 10.9 Å². The van der Waals surface area contributed by atoms with Crippen LogP contribution in [0.3, 0.4) is 0 Å². The Kier molecular flexibility index (Phi) is 2.29. The van der Waals surface area contributed by atoms with Crippen molar-refractivity contribution in [3.63, 3.8) is 0 Å². The molecule has 1 rings (SSSR count). The maximum absolute atomic E-state index is 5.76. The third-order valence-corrected chi connectivity index (χ3v) is 2.50. The Morgan fingerprint density at radius 1 is 1.60 bits per heavy atom. The van der Waals surface area contributed by atoms with E-state index in [1.165, 1.54) is 4.88 Å². The van der Waals surface area contributed by atoms with Crippen molar-refractivity contribution in [3.05, 3.63) is 17.0 Å². The summed E-state index contributed by atoms with van der Waals surface area (Å²) in [5.74, 6) is 0. The van der Waals surface area contributed by atoms with Gasteiger partial charge in [0.15, 0.2) is 0 Å². The highest BCUT2D eigenvalue weighted by molar-refractivity contribution is 7.15. The molecule has 0 bridgehead atoms. The molecule has 2 nitrogen and oxygen atoms in total. The summed E-state index contributed by atoms with van der Waals surface area (Å²) in [5.41, 5.74) is 11.3. The number of hydrogen-bond acceptors (Lipinski definition) is 3. The first-order chi connectivity index (χ1) is 4.74. The SMILES string of the molecule is CCC(N)c1ccc(N)s1. The molecule has 4 N–H and O–H groups in total. The molecule has 0 aliphatic carbocycles. The molecule has 0 saturated heterocycles. The van der Waals surface area contributed by atoms with E-state index in [1.807, 2.05) is 12.1 Å². The number of thiophene rings is 1. The van der Waals surface area contributed by atoms with Gasteiger partial charge in [0.1, 0.15) is 0 Å². The minimum absolute atomic E-state index is 0.169. The third kappa shape index (κ3) is 1.49. The molecular formula is C7H12N2S. The fourth-order valence-electron chi connectivity index (χ4n) is 0.769. The van der Waals surface area contributed by atoms with Crippen LogP contribution >= 0.6 is 11.3 Å². The summed E-state index contributed by atoms with van der Waals surface area (Å²) in [6.45, 7) is 2.07. The molecule has 0 spiro atoms. The standard InChI is InChI=1S/C7H12N2S/c1-2-5(8)6-3-4-7(9)10-6/h3-5H,2,8-9H2,1H3. The zero-order chi connectivity index (χ0) is 7.56. The average molecular weight is 156 g/mol. The first-order valence-electron chi connectivity index (χ1n) is 3.34. The molecule has 1 unspecified atom stereocenters. The van der Waals surface area contributed by atoms with Crippen LogP contribution < -0.4 is 11.5 Å². The smallest absolute Gasteiger partial charge is 0.0859 e. The number of nitrogens with two attached hydrogens (primary N) is 2. The molecule has 56 valence electrons. The van der Waals surface area contributed by atoms with Crippen LogP contribution in [0.1, 0.15) is 24.3 Å². The van der Waals surface area contributed by atoms with Gasteiger partial charge >= 0.3 is 0 Å². The van der Waals surface area contributed by atoms with Gasteiger partial charge in [0.2, 0.25) is 0 Å². The van der Waals surface area contributed by atoms with E-state index in [4.69, 9.17) is 11.5 Å². The Hall–Kier alpha value is -0.540. The van der Waals surface area contributed by atoms with Crippen LogP contribution in [0.2, 0.25) is 0 Å². The highest BCUT2D eigenvalue weighted by Crippen LogP contribution is 2.24. The Morgan fingerprint density at radius 3 is 2.70 bits per heavy atom. The Bertz CT molecular complexity index is 207.